The van der Waals surface area contributed by atoms with E-state index in [9.17, 15) is 4.79 Å². The van der Waals surface area contributed by atoms with Gasteiger partial charge in [0.15, 0.2) is 11.4 Å². The largest absolute Gasteiger partial charge is 0.490 e. The highest BCUT2D eigenvalue weighted by atomic mass is 16.5. The summed E-state index contributed by atoms with van der Waals surface area (Å²) in [4.78, 5) is 22.6. The smallest absolute Gasteiger partial charge is 0.276 e. The van der Waals surface area contributed by atoms with Gasteiger partial charge in [0, 0.05) is 44.5 Å². The van der Waals surface area contributed by atoms with E-state index in [0.717, 1.165) is 26.1 Å². The Balaban J connectivity index is 1.30. The fraction of sp³-hybridized carbons (Fsp3) is 0.538. The summed E-state index contributed by atoms with van der Waals surface area (Å²) in [6.07, 6.45) is 7.86. The van der Waals surface area contributed by atoms with Crippen molar-refractivity contribution in [1.82, 2.24) is 14.8 Å². The monoisotopic (exact) mass is 434 g/mol. The van der Waals surface area contributed by atoms with E-state index < -0.39 is 0 Å². The molecule has 4 atom stereocenters. The summed E-state index contributed by atoms with van der Waals surface area (Å²) in [5.74, 6) is 1.61. The number of piperidine rings is 3. The minimum absolute atomic E-state index is 0.00239. The summed E-state index contributed by atoms with van der Waals surface area (Å²) in [5, 5.41) is 0. The van der Waals surface area contributed by atoms with E-state index in [1.165, 1.54) is 31.2 Å². The molecule has 3 saturated heterocycles. The third-order valence-electron chi connectivity index (χ3n) is 7.47. The molecular weight excluding hydrogens is 400 g/mol. The number of nitrogens with two attached hydrogens (primary N) is 1. The van der Waals surface area contributed by atoms with Crippen molar-refractivity contribution in [3.63, 3.8) is 0 Å². The van der Waals surface area contributed by atoms with Crippen LogP contribution in [0.3, 0.4) is 0 Å². The summed E-state index contributed by atoms with van der Waals surface area (Å²) < 4.78 is 5.71. The summed E-state index contributed by atoms with van der Waals surface area (Å²) >= 11 is 0. The average molecular weight is 435 g/mol. The van der Waals surface area contributed by atoms with Gasteiger partial charge < -0.3 is 15.4 Å². The highest BCUT2D eigenvalue weighted by Crippen LogP contribution is 2.40. The summed E-state index contributed by atoms with van der Waals surface area (Å²) in [7, 11) is 0. The lowest BCUT2D eigenvalue weighted by Gasteiger charge is -2.55. The van der Waals surface area contributed by atoms with Gasteiger partial charge in [-0.25, -0.2) is 4.98 Å². The molecule has 3 aliphatic rings. The van der Waals surface area contributed by atoms with Gasteiger partial charge >= 0.3 is 0 Å². The van der Waals surface area contributed by atoms with Crippen molar-refractivity contribution in [3.05, 3.63) is 59.9 Å². The van der Waals surface area contributed by atoms with Crippen LogP contribution in [-0.4, -0.2) is 65.6 Å². The van der Waals surface area contributed by atoms with E-state index in [2.05, 4.69) is 40.2 Å². The highest BCUT2D eigenvalue weighted by Gasteiger charge is 2.45. The van der Waals surface area contributed by atoms with Crippen molar-refractivity contribution in [2.45, 2.75) is 44.2 Å². The van der Waals surface area contributed by atoms with Crippen LogP contribution < -0.4 is 10.5 Å². The van der Waals surface area contributed by atoms with Gasteiger partial charge in [-0.1, -0.05) is 36.8 Å². The van der Waals surface area contributed by atoms with Crippen LogP contribution in [0.1, 0.15) is 41.7 Å². The SMILES string of the molecule is NCCOc1cccnc1C(=O)N1C[C@@H]2C[C@H](C1)[C@@H]1CCC[C@H](Cc3ccccc3)N1C2. The maximum Gasteiger partial charge on any atom is 0.276 e. The number of likely N-dealkylation sites (tertiary alicyclic amines) is 1. The highest BCUT2D eigenvalue weighted by molar-refractivity contribution is 5.95. The minimum Gasteiger partial charge on any atom is -0.490 e. The topological polar surface area (TPSA) is 71.7 Å². The van der Waals surface area contributed by atoms with Gasteiger partial charge in [-0.15, -0.1) is 0 Å². The van der Waals surface area contributed by atoms with E-state index in [0.29, 0.717) is 48.5 Å². The standard InChI is InChI=1S/C26H34N4O2/c27-11-13-32-24-10-5-12-28-25(24)26(31)29-16-20-14-21(18-29)23-9-4-8-22(30(23)17-20)15-19-6-2-1-3-7-19/h1-3,5-7,10,12,20-23H,4,8-9,11,13-18,27H2/t20-,21+,22+,23-/m0/s1. The van der Waals surface area contributed by atoms with E-state index in [4.69, 9.17) is 10.5 Å². The Hall–Kier alpha value is -2.44. The molecule has 0 radical (unpaired) electrons. The molecule has 3 fully saturated rings. The molecule has 2 bridgehead atoms. The molecule has 1 aromatic heterocycles. The molecule has 6 nitrogen and oxygen atoms in total. The van der Waals surface area contributed by atoms with Crippen molar-refractivity contribution >= 4 is 5.91 Å². The van der Waals surface area contributed by atoms with Crippen LogP contribution in [0.2, 0.25) is 0 Å². The number of benzene rings is 1. The maximum absolute atomic E-state index is 13.4. The third-order valence-corrected chi connectivity index (χ3v) is 7.47. The van der Waals surface area contributed by atoms with Crippen molar-refractivity contribution < 1.29 is 9.53 Å². The van der Waals surface area contributed by atoms with Gasteiger partial charge in [0.1, 0.15) is 6.61 Å². The zero-order chi connectivity index (χ0) is 21.9. The zero-order valence-electron chi connectivity index (χ0n) is 18.7. The Morgan fingerprint density at radius 2 is 1.97 bits per heavy atom. The van der Waals surface area contributed by atoms with Gasteiger partial charge in [0.2, 0.25) is 0 Å². The van der Waals surface area contributed by atoms with Crippen LogP contribution in [0.25, 0.3) is 0 Å². The number of nitrogens with zero attached hydrogens (tertiary/aromatic N) is 3. The molecule has 32 heavy (non-hydrogen) atoms. The second-order valence-electron chi connectivity index (χ2n) is 9.60. The molecule has 0 saturated carbocycles. The number of rotatable bonds is 6. The van der Waals surface area contributed by atoms with Gasteiger partial charge in [-0.05, 0) is 55.2 Å². The zero-order valence-corrected chi connectivity index (χ0v) is 18.7. The lowest BCUT2D eigenvalue weighted by atomic mass is 9.74. The van der Waals surface area contributed by atoms with E-state index in [1.807, 2.05) is 11.0 Å². The average Bonchev–Trinajstić information content (AvgIpc) is 2.83. The first-order chi connectivity index (χ1) is 15.7. The first kappa shape index (κ1) is 21.4. The van der Waals surface area contributed by atoms with Crippen LogP contribution in [0.5, 0.6) is 5.75 Å². The Labute approximate surface area is 190 Å². The second kappa shape index (κ2) is 9.59. The third kappa shape index (κ3) is 4.39. The minimum atomic E-state index is -0.00239. The molecule has 5 rings (SSSR count). The van der Waals surface area contributed by atoms with Crippen LogP contribution in [-0.2, 0) is 6.42 Å². The van der Waals surface area contributed by atoms with Crippen LogP contribution >= 0.6 is 0 Å². The number of aromatic nitrogens is 1. The van der Waals surface area contributed by atoms with Crippen molar-refractivity contribution in [2.75, 3.05) is 32.8 Å². The second-order valence-corrected chi connectivity index (χ2v) is 9.60. The normalized spacial score (nSPS) is 27.6. The van der Waals surface area contributed by atoms with Crippen molar-refractivity contribution in [2.24, 2.45) is 17.6 Å². The maximum atomic E-state index is 13.4. The quantitative estimate of drug-likeness (QED) is 0.757. The first-order valence-corrected chi connectivity index (χ1v) is 12.1. The molecule has 0 spiro atoms. The summed E-state index contributed by atoms with van der Waals surface area (Å²) in [5.41, 5.74) is 7.44. The van der Waals surface area contributed by atoms with E-state index >= 15 is 0 Å². The molecule has 1 amide bonds. The fourth-order valence-electron chi connectivity index (χ4n) is 6.17. The molecule has 0 unspecified atom stereocenters. The predicted molar refractivity (Wildman–Crippen MR) is 125 cm³/mol. The lowest BCUT2D eigenvalue weighted by Crippen LogP contribution is -2.62. The summed E-state index contributed by atoms with van der Waals surface area (Å²) in [6, 6.07) is 15.7. The van der Waals surface area contributed by atoms with Crippen LogP contribution in [0.15, 0.2) is 48.7 Å². The number of fused-ring (bicyclic) bond motifs is 4. The lowest BCUT2D eigenvalue weighted by molar-refractivity contribution is -0.0500. The molecule has 170 valence electrons. The van der Waals surface area contributed by atoms with Gasteiger partial charge in [0.25, 0.3) is 5.91 Å². The van der Waals surface area contributed by atoms with Crippen LogP contribution in [0, 0.1) is 11.8 Å². The molecule has 0 aliphatic carbocycles. The number of carbonyl (C=O) groups is 1. The molecule has 1 aromatic carbocycles. The van der Waals surface area contributed by atoms with Gasteiger partial charge in [-0.3, -0.25) is 9.69 Å². The van der Waals surface area contributed by atoms with E-state index in [-0.39, 0.29) is 5.91 Å². The molecule has 6 heteroatoms. The number of hydrogen-bond acceptors (Lipinski definition) is 5. The molecular formula is C26H34N4O2. The first-order valence-electron chi connectivity index (χ1n) is 12.1. The molecule has 2 aromatic rings. The Bertz CT molecular complexity index is 921. The van der Waals surface area contributed by atoms with Gasteiger partial charge in [0.05, 0.1) is 0 Å². The predicted octanol–water partition coefficient (Wildman–Crippen LogP) is 2.98. The molecule has 3 aliphatic heterocycles. The number of hydrogen-bond donors (Lipinski definition) is 1. The Morgan fingerprint density at radius 3 is 2.81 bits per heavy atom. The molecule has 2 N–H and O–H groups in total. The number of ether oxygens (including phenoxy) is 1. The summed E-state index contributed by atoms with van der Waals surface area (Å²) in [6.45, 7) is 3.53. The molecule has 4 heterocycles. The van der Waals surface area contributed by atoms with Crippen LogP contribution in [0.4, 0.5) is 0 Å². The number of carbonyl (C=O) groups excluding carboxylic acids is 1. The number of amides is 1. The number of pyridine rings is 1. The van der Waals surface area contributed by atoms with Gasteiger partial charge in [-0.2, -0.15) is 0 Å². The Morgan fingerprint density at radius 1 is 1.09 bits per heavy atom. The van der Waals surface area contributed by atoms with Crippen molar-refractivity contribution in [3.8, 4) is 5.75 Å². The van der Waals surface area contributed by atoms with Crippen molar-refractivity contribution in [1.29, 1.82) is 0 Å². The van der Waals surface area contributed by atoms with E-state index in [1.54, 1.807) is 12.3 Å². The Kier molecular flexibility index (Phi) is 6.42. The fourth-order valence-corrected chi connectivity index (χ4v) is 6.17.